The molecule has 0 bridgehead atoms. The summed E-state index contributed by atoms with van der Waals surface area (Å²) in [4.78, 5) is 17.3. The molecule has 1 N–H and O–H groups in total. The van der Waals surface area contributed by atoms with E-state index in [0.29, 0.717) is 6.42 Å². The van der Waals surface area contributed by atoms with Crippen molar-refractivity contribution in [1.29, 1.82) is 0 Å². The Bertz CT molecular complexity index is 1100. The van der Waals surface area contributed by atoms with E-state index in [-0.39, 0.29) is 11.3 Å². The smallest absolute Gasteiger partial charge is 0.223 e. The third-order valence-corrected chi connectivity index (χ3v) is 7.39. The molecule has 3 aliphatic rings. The lowest BCUT2D eigenvalue weighted by Gasteiger charge is -2.49. The van der Waals surface area contributed by atoms with E-state index in [1.54, 1.807) is 0 Å². The van der Waals surface area contributed by atoms with Gasteiger partial charge >= 0.3 is 0 Å². The average Bonchev–Trinajstić information content (AvgIpc) is 3.01. The molecule has 5 nitrogen and oxygen atoms in total. The molecule has 2 saturated heterocycles. The third kappa shape index (κ3) is 3.74. The lowest BCUT2D eigenvalue weighted by atomic mass is 9.74. The first-order valence-electron chi connectivity index (χ1n) is 11.9. The van der Waals surface area contributed by atoms with Crippen LogP contribution in [0.4, 0.5) is 11.4 Å². The minimum atomic E-state index is -0.566. The van der Waals surface area contributed by atoms with Crippen molar-refractivity contribution >= 4 is 23.4 Å². The highest BCUT2D eigenvalue weighted by atomic mass is 16.5. The topological polar surface area (TPSA) is 44.8 Å². The zero-order valence-electron chi connectivity index (χ0n) is 19.8. The number of allylic oxidation sites excluding steroid dienone is 2. The van der Waals surface area contributed by atoms with Gasteiger partial charge in [0.15, 0.2) is 0 Å². The van der Waals surface area contributed by atoms with Gasteiger partial charge in [-0.2, -0.15) is 0 Å². The van der Waals surface area contributed by atoms with E-state index < -0.39 is 5.66 Å². The quantitative estimate of drug-likeness (QED) is 0.711. The van der Waals surface area contributed by atoms with Gasteiger partial charge in [-0.05, 0) is 42.3 Å². The minimum Gasteiger partial charge on any atom is -0.378 e. The second-order valence-corrected chi connectivity index (χ2v) is 9.77. The molecular weight excluding hydrogens is 410 g/mol. The van der Waals surface area contributed by atoms with E-state index in [4.69, 9.17) is 4.74 Å². The third-order valence-electron chi connectivity index (χ3n) is 7.39. The number of morpholine rings is 1. The van der Waals surface area contributed by atoms with Gasteiger partial charge in [-0.25, -0.2) is 0 Å². The van der Waals surface area contributed by atoms with Crippen molar-refractivity contribution in [2.45, 2.75) is 38.3 Å². The minimum absolute atomic E-state index is 0.108. The van der Waals surface area contributed by atoms with Gasteiger partial charge in [-0.1, -0.05) is 61.9 Å². The van der Waals surface area contributed by atoms with Crippen LogP contribution >= 0.6 is 0 Å². The number of nitrogens with zero attached hydrogens (tertiary/aromatic N) is 2. The molecule has 1 unspecified atom stereocenters. The number of fused-ring (bicyclic) bond motifs is 3. The molecule has 2 fully saturated rings. The molecule has 5 heteroatoms. The molecule has 0 aliphatic carbocycles. The van der Waals surface area contributed by atoms with Crippen molar-refractivity contribution in [3.8, 4) is 0 Å². The maximum Gasteiger partial charge on any atom is 0.223 e. The molecule has 172 valence electrons. The van der Waals surface area contributed by atoms with E-state index in [9.17, 15) is 4.79 Å². The summed E-state index contributed by atoms with van der Waals surface area (Å²) < 4.78 is 5.45. The molecular formula is C28H33N3O2. The molecule has 0 spiro atoms. The van der Waals surface area contributed by atoms with Crippen molar-refractivity contribution < 1.29 is 9.53 Å². The molecule has 33 heavy (non-hydrogen) atoms. The zero-order valence-corrected chi connectivity index (χ0v) is 19.8. The molecule has 3 heterocycles. The van der Waals surface area contributed by atoms with Crippen LogP contribution < -0.4 is 15.1 Å². The number of rotatable bonds is 4. The van der Waals surface area contributed by atoms with Crippen LogP contribution in [-0.4, -0.2) is 44.4 Å². The first-order valence-corrected chi connectivity index (χ1v) is 11.9. The Balaban J connectivity index is 1.38. The lowest BCUT2D eigenvalue weighted by molar-refractivity contribution is -0.124. The number of ether oxygens (including phenoxy) is 1. The maximum absolute atomic E-state index is 12.5. The van der Waals surface area contributed by atoms with E-state index in [1.807, 2.05) is 0 Å². The van der Waals surface area contributed by atoms with Gasteiger partial charge in [0.05, 0.1) is 13.2 Å². The fraction of sp³-hybridized carbons (Fsp3) is 0.393. The summed E-state index contributed by atoms with van der Waals surface area (Å²) in [5.41, 5.74) is 5.33. The Kier molecular flexibility index (Phi) is 5.53. The molecule has 2 aromatic rings. The van der Waals surface area contributed by atoms with Crippen LogP contribution in [0.3, 0.4) is 0 Å². The molecule has 3 aliphatic heterocycles. The van der Waals surface area contributed by atoms with Crippen molar-refractivity contribution in [3.63, 3.8) is 0 Å². The number of aryl methyl sites for hydroxylation is 1. The standard InChI is InChI=1S/C28H33N3O2/c1-21-7-12-25-24(20-21)27(2,3)28(29-26(32)13-15-31(25)28)14-5-4-6-22-8-10-23(11-9-22)30-16-18-33-19-17-30/h4-12,14,20H,13,15-19H2,1-3H3,(H,29,32)/b6-4+,14-5+. The highest BCUT2D eigenvalue weighted by molar-refractivity contribution is 5.84. The summed E-state index contributed by atoms with van der Waals surface area (Å²) in [6.45, 7) is 10.8. The number of nitrogens with one attached hydrogen (secondary N) is 1. The number of hydrogen-bond donors (Lipinski definition) is 1. The van der Waals surface area contributed by atoms with Gasteiger partial charge in [-0.15, -0.1) is 0 Å². The Hall–Kier alpha value is -3.05. The van der Waals surface area contributed by atoms with Gasteiger partial charge in [0.1, 0.15) is 5.66 Å². The van der Waals surface area contributed by atoms with Crippen LogP contribution in [0.15, 0.2) is 60.7 Å². The summed E-state index contributed by atoms with van der Waals surface area (Å²) in [5, 5.41) is 3.34. The second-order valence-electron chi connectivity index (χ2n) is 9.77. The Morgan fingerprint density at radius 1 is 1.00 bits per heavy atom. The summed E-state index contributed by atoms with van der Waals surface area (Å²) in [6, 6.07) is 15.3. The zero-order chi connectivity index (χ0) is 23.1. The highest BCUT2D eigenvalue weighted by Crippen LogP contribution is 2.52. The molecule has 0 radical (unpaired) electrons. The molecule has 0 aromatic heterocycles. The molecule has 2 aromatic carbocycles. The first-order chi connectivity index (χ1) is 15.9. The predicted molar refractivity (Wildman–Crippen MR) is 135 cm³/mol. The largest absolute Gasteiger partial charge is 0.378 e. The number of hydrogen-bond acceptors (Lipinski definition) is 4. The predicted octanol–water partition coefficient (Wildman–Crippen LogP) is 4.42. The van der Waals surface area contributed by atoms with Crippen molar-refractivity contribution in [1.82, 2.24) is 5.32 Å². The van der Waals surface area contributed by atoms with E-state index in [1.165, 1.54) is 22.5 Å². The molecule has 1 atom stereocenters. The fourth-order valence-corrected chi connectivity index (χ4v) is 5.45. The van der Waals surface area contributed by atoms with Gasteiger partial charge < -0.3 is 19.9 Å². The van der Waals surface area contributed by atoms with E-state index in [2.05, 4.69) is 103 Å². The second kappa shape index (κ2) is 8.38. The van der Waals surface area contributed by atoms with Crippen molar-refractivity contribution in [2.75, 3.05) is 42.6 Å². The van der Waals surface area contributed by atoms with Crippen LogP contribution in [0.2, 0.25) is 0 Å². The van der Waals surface area contributed by atoms with Gasteiger partial charge in [0, 0.05) is 42.8 Å². The van der Waals surface area contributed by atoms with Gasteiger partial charge in [0.2, 0.25) is 5.91 Å². The number of carbonyl (C=O) groups excluding carboxylic acids is 1. The van der Waals surface area contributed by atoms with Crippen molar-refractivity contribution in [2.24, 2.45) is 0 Å². The molecule has 5 rings (SSSR count). The summed E-state index contributed by atoms with van der Waals surface area (Å²) >= 11 is 0. The van der Waals surface area contributed by atoms with Crippen LogP contribution in [0, 0.1) is 6.92 Å². The first kappa shape index (κ1) is 21.8. The number of anilines is 2. The maximum atomic E-state index is 12.5. The van der Waals surface area contributed by atoms with Crippen LogP contribution in [0.1, 0.15) is 37.0 Å². The van der Waals surface area contributed by atoms with Crippen LogP contribution in [-0.2, 0) is 14.9 Å². The Morgan fingerprint density at radius 3 is 2.52 bits per heavy atom. The summed E-state index contributed by atoms with van der Waals surface area (Å²) in [6.07, 6.45) is 8.95. The lowest BCUT2D eigenvalue weighted by Crippen LogP contribution is -2.68. The number of carbonyl (C=O) groups is 1. The average molecular weight is 444 g/mol. The van der Waals surface area contributed by atoms with Crippen molar-refractivity contribution in [3.05, 3.63) is 77.4 Å². The highest BCUT2D eigenvalue weighted by Gasteiger charge is 2.57. The monoisotopic (exact) mass is 443 g/mol. The number of benzene rings is 2. The molecule has 0 saturated carbocycles. The Morgan fingerprint density at radius 2 is 1.76 bits per heavy atom. The Labute approximate surface area is 196 Å². The normalized spacial score (nSPS) is 24.3. The van der Waals surface area contributed by atoms with Crippen LogP contribution in [0.25, 0.3) is 6.08 Å². The van der Waals surface area contributed by atoms with E-state index in [0.717, 1.165) is 38.4 Å². The SMILES string of the molecule is Cc1ccc2c(c1)C(C)(C)C1(/C=C/C=C/c3ccc(N4CCOCC4)cc3)NC(=O)CCN21. The van der Waals surface area contributed by atoms with Gasteiger partial charge in [0.25, 0.3) is 0 Å². The summed E-state index contributed by atoms with van der Waals surface area (Å²) in [7, 11) is 0. The fourth-order valence-electron chi connectivity index (χ4n) is 5.45. The van der Waals surface area contributed by atoms with Crippen LogP contribution in [0.5, 0.6) is 0 Å². The van der Waals surface area contributed by atoms with E-state index >= 15 is 0 Å². The number of amides is 1. The van der Waals surface area contributed by atoms with Gasteiger partial charge in [-0.3, -0.25) is 4.79 Å². The summed E-state index contributed by atoms with van der Waals surface area (Å²) in [5.74, 6) is 0.108. The molecule has 1 amide bonds.